The van der Waals surface area contributed by atoms with E-state index in [4.69, 9.17) is 9.47 Å². The topological polar surface area (TPSA) is 55.8 Å². The van der Waals surface area contributed by atoms with E-state index < -0.39 is 0 Å². The number of nitrogens with zero attached hydrogens (tertiary/aromatic N) is 1. The lowest BCUT2D eigenvalue weighted by molar-refractivity contribution is -0.171. The maximum atomic E-state index is 11.8. The van der Waals surface area contributed by atoms with Crippen molar-refractivity contribution in [3.8, 4) is 0 Å². The van der Waals surface area contributed by atoms with E-state index in [1.807, 2.05) is 42.2 Å². The van der Waals surface area contributed by atoms with Gasteiger partial charge in [-0.05, 0) is 18.9 Å². The van der Waals surface area contributed by atoms with Gasteiger partial charge in [0, 0.05) is 6.04 Å². The number of rotatable bonds is 4. The Balaban J connectivity index is 2.22. The molecule has 108 valence electrons. The van der Waals surface area contributed by atoms with Crippen LogP contribution in [0.15, 0.2) is 30.3 Å². The lowest BCUT2D eigenvalue weighted by Crippen LogP contribution is -2.63. The first-order valence-electron chi connectivity index (χ1n) is 6.58. The van der Waals surface area contributed by atoms with Gasteiger partial charge in [0.15, 0.2) is 0 Å². The molecule has 1 aromatic carbocycles. The number of benzene rings is 1. The van der Waals surface area contributed by atoms with Crippen molar-refractivity contribution in [2.75, 3.05) is 14.2 Å². The van der Waals surface area contributed by atoms with Gasteiger partial charge in [-0.3, -0.25) is 14.5 Å². The second-order valence-electron chi connectivity index (χ2n) is 4.85. The first kappa shape index (κ1) is 14.5. The molecule has 0 aromatic heterocycles. The third kappa shape index (κ3) is 2.54. The number of esters is 2. The summed E-state index contributed by atoms with van der Waals surface area (Å²) in [6.07, 6.45) is 0.441. The fourth-order valence-corrected chi connectivity index (χ4v) is 2.69. The summed E-state index contributed by atoms with van der Waals surface area (Å²) in [6, 6.07) is 8.92. The minimum Gasteiger partial charge on any atom is -0.468 e. The molecule has 0 radical (unpaired) electrons. The summed E-state index contributed by atoms with van der Waals surface area (Å²) in [4.78, 5) is 25.4. The molecule has 0 unspecified atom stereocenters. The fraction of sp³-hybridized carbons (Fsp3) is 0.467. The van der Waals surface area contributed by atoms with Crippen LogP contribution in [-0.2, 0) is 19.1 Å². The van der Waals surface area contributed by atoms with E-state index in [0.717, 1.165) is 5.56 Å². The molecule has 1 aliphatic rings. The average Bonchev–Trinajstić information content (AvgIpc) is 2.46. The zero-order chi connectivity index (χ0) is 14.7. The molecule has 0 aliphatic carbocycles. The third-order valence-corrected chi connectivity index (χ3v) is 3.84. The lowest BCUT2D eigenvalue weighted by atomic mass is 9.88. The molecule has 2 rings (SSSR count). The lowest BCUT2D eigenvalue weighted by Gasteiger charge is -2.48. The van der Waals surface area contributed by atoms with E-state index in [1.165, 1.54) is 14.2 Å². The molecule has 3 atom stereocenters. The van der Waals surface area contributed by atoms with Crippen LogP contribution in [0.4, 0.5) is 0 Å². The summed E-state index contributed by atoms with van der Waals surface area (Å²) in [5, 5.41) is 0. The maximum absolute atomic E-state index is 11.8. The quantitative estimate of drug-likeness (QED) is 0.781. The second kappa shape index (κ2) is 6.05. The van der Waals surface area contributed by atoms with Crippen molar-refractivity contribution >= 4 is 11.9 Å². The molecule has 1 heterocycles. The highest BCUT2D eigenvalue weighted by Crippen LogP contribution is 2.36. The van der Waals surface area contributed by atoms with Gasteiger partial charge in [0.25, 0.3) is 0 Å². The summed E-state index contributed by atoms with van der Waals surface area (Å²) >= 11 is 0. The van der Waals surface area contributed by atoms with Crippen LogP contribution in [0.5, 0.6) is 0 Å². The number of hydrogen-bond acceptors (Lipinski definition) is 5. The standard InChI is InChI=1S/C15H19NO4/c1-10(11-7-5-4-6-8-11)16-12(14(17)19-2)9-13(16)15(18)20-3/h4-8,10,12-13H,9H2,1-3H3/t10-,12-,13+/m0/s1. The molecule has 20 heavy (non-hydrogen) atoms. The van der Waals surface area contributed by atoms with Crippen LogP contribution in [0.1, 0.15) is 24.9 Å². The molecule has 5 nitrogen and oxygen atoms in total. The van der Waals surface area contributed by atoms with E-state index in [1.54, 1.807) is 0 Å². The van der Waals surface area contributed by atoms with Gasteiger partial charge < -0.3 is 9.47 Å². The van der Waals surface area contributed by atoms with E-state index in [2.05, 4.69) is 0 Å². The maximum Gasteiger partial charge on any atom is 0.323 e. The minimum absolute atomic E-state index is 0.0573. The van der Waals surface area contributed by atoms with Crippen molar-refractivity contribution in [3.63, 3.8) is 0 Å². The molecule has 0 bridgehead atoms. The first-order valence-corrected chi connectivity index (χ1v) is 6.58. The number of hydrogen-bond donors (Lipinski definition) is 0. The van der Waals surface area contributed by atoms with Crippen LogP contribution in [0.2, 0.25) is 0 Å². The number of ether oxygens (including phenoxy) is 2. The van der Waals surface area contributed by atoms with Crippen molar-refractivity contribution < 1.29 is 19.1 Å². The van der Waals surface area contributed by atoms with Crippen molar-refractivity contribution in [2.45, 2.75) is 31.5 Å². The zero-order valence-corrected chi connectivity index (χ0v) is 11.9. The normalized spacial score (nSPS) is 23.6. The summed E-state index contributed by atoms with van der Waals surface area (Å²) in [7, 11) is 2.72. The van der Waals surface area contributed by atoms with Crippen LogP contribution in [0.25, 0.3) is 0 Å². The van der Waals surface area contributed by atoms with Crippen molar-refractivity contribution in [3.05, 3.63) is 35.9 Å². The predicted octanol–water partition coefficient (Wildman–Crippen LogP) is 1.54. The van der Waals surface area contributed by atoms with Crippen molar-refractivity contribution in [2.24, 2.45) is 0 Å². The van der Waals surface area contributed by atoms with Gasteiger partial charge in [0.1, 0.15) is 12.1 Å². The molecular weight excluding hydrogens is 258 g/mol. The molecule has 1 saturated heterocycles. The molecule has 0 N–H and O–H groups in total. The van der Waals surface area contributed by atoms with E-state index >= 15 is 0 Å². The number of likely N-dealkylation sites (tertiary alicyclic amines) is 1. The molecule has 1 fully saturated rings. The zero-order valence-electron chi connectivity index (χ0n) is 11.9. The summed E-state index contributed by atoms with van der Waals surface area (Å²) in [6.45, 7) is 1.97. The van der Waals surface area contributed by atoms with E-state index in [0.29, 0.717) is 6.42 Å². The summed E-state index contributed by atoms with van der Waals surface area (Å²) < 4.78 is 9.60. The summed E-state index contributed by atoms with van der Waals surface area (Å²) in [5.41, 5.74) is 1.05. The van der Waals surface area contributed by atoms with Crippen molar-refractivity contribution in [1.29, 1.82) is 0 Å². The predicted molar refractivity (Wildman–Crippen MR) is 72.9 cm³/mol. The van der Waals surface area contributed by atoms with Gasteiger partial charge in [-0.2, -0.15) is 0 Å². The van der Waals surface area contributed by atoms with E-state index in [-0.39, 0.29) is 30.1 Å². The molecule has 5 heteroatoms. The Kier molecular flexibility index (Phi) is 4.39. The van der Waals surface area contributed by atoms with Gasteiger partial charge in [-0.1, -0.05) is 30.3 Å². The minimum atomic E-state index is -0.390. The van der Waals surface area contributed by atoms with Crippen molar-refractivity contribution in [1.82, 2.24) is 4.90 Å². The Labute approximate surface area is 118 Å². The third-order valence-electron chi connectivity index (χ3n) is 3.84. The first-order chi connectivity index (χ1) is 9.60. The number of carbonyl (C=O) groups is 2. The van der Waals surface area contributed by atoms with Gasteiger partial charge in [0.05, 0.1) is 14.2 Å². The second-order valence-corrected chi connectivity index (χ2v) is 4.85. The highest BCUT2D eigenvalue weighted by atomic mass is 16.5. The van der Waals surface area contributed by atoms with Gasteiger partial charge in [-0.25, -0.2) is 0 Å². The van der Waals surface area contributed by atoms with Gasteiger partial charge in [0.2, 0.25) is 0 Å². The summed E-state index contributed by atoms with van der Waals surface area (Å²) in [5.74, 6) is -0.624. The molecule has 0 saturated carbocycles. The van der Waals surface area contributed by atoms with Crippen LogP contribution in [-0.4, -0.2) is 43.1 Å². The molecule has 0 spiro atoms. The molecule has 1 aromatic rings. The van der Waals surface area contributed by atoms with Crippen LogP contribution < -0.4 is 0 Å². The SMILES string of the molecule is COC(=O)[C@H]1C[C@@H](C(=O)OC)N1[C@@H](C)c1ccccc1. The average molecular weight is 277 g/mol. The van der Waals surface area contributed by atoms with E-state index in [9.17, 15) is 9.59 Å². The highest BCUT2D eigenvalue weighted by molar-refractivity contribution is 5.84. The smallest absolute Gasteiger partial charge is 0.323 e. The Morgan fingerprint density at radius 1 is 1.10 bits per heavy atom. The highest BCUT2D eigenvalue weighted by Gasteiger charge is 2.50. The number of carbonyl (C=O) groups excluding carboxylic acids is 2. The monoisotopic (exact) mass is 277 g/mol. The largest absolute Gasteiger partial charge is 0.468 e. The van der Waals surface area contributed by atoms with Gasteiger partial charge >= 0.3 is 11.9 Å². The molecule has 0 amide bonds. The Morgan fingerprint density at radius 3 is 2.05 bits per heavy atom. The Bertz CT molecular complexity index is 466. The van der Waals surface area contributed by atoms with Crippen LogP contribution in [0.3, 0.4) is 0 Å². The molecular formula is C15H19NO4. The van der Waals surface area contributed by atoms with Crippen LogP contribution in [0, 0.1) is 0 Å². The van der Waals surface area contributed by atoms with Crippen LogP contribution >= 0.6 is 0 Å². The Morgan fingerprint density at radius 2 is 1.60 bits per heavy atom. The Hall–Kier alpha value is -1.88. The van der Waals surface area contributed by atoms with Gasteiger partial charge in [-0.15, -0.1) is 0 Å². The molecule has 1 aliphatic heterocycles. The number of methoxy groups -OCH3 is 2. The fourth-order valence-electron chi connectivity index (χ4n) is 2.69.